The molecule has 138 valence electrons. The minimum Gasteiger partial charge on any atom is -0.480 e. The van der Waals surface area contributed by atoms with Crippen molar-refractivity contribution in [2.24, 2.45) is 0 Å². The van der Waals surface area contributed by atoms with Crippen LogP contribution < -0.4 is 0 Å². The molecule has 0 radical (unpaired) electrons. The van der Waals surface area contributed by atoms with Crippen LogP contribution in [-0.2, 0) is 21.9 Å². The fourth-order valence-corrected chi connectivity index (χ4v) is 2.68. The molecule has 1 aromatic carbocycles. The Hall–Kier alpha value is -2.26. The smallest absolute Gasteiger partial charge is 0.416 e. The number of halogens is 6. The van der Waals surface area contributed by atoms with Gasteiger partial charge in [0.2, 0.25) is 5.91 Å². The molecule has 0 spiro atoms. The molecule has 1 aromatic rings. The number of alkyl halides is 6. The topological polar surface area (TPSA) is 57.6 Å². The highest BCUT2D eigenvalue weighted by molar-refractivity contribution is 5.85. The maximum Gasteiger partial charge on any atom is 0.416 e. The van der Waals surface area contributed by atoms with Crippen molar-refractivity contribution < 1.29 is 41.0 Å². The van der Waals surface area contributed by atoms with Crippen molar-refractivity contribution in [1.29, 1.82) is 0 Å². The molecule has 1 amide bonds. The molecule has 0 aliphatic carbocycles. The van der Waals surface area contributed by atoms with E-state index in [1.165, 1.54) is 6.92 Å². The number of carbonyl (C=O) groups excluding carboxylic acids is 1. The Morgan fingerprint density at radius 2 is 1.60 bits per heavy atom. The van der Waals surface area contributed by atoms with Crippen LogP contribution in [0.25, 0.3) is 0 Å². The average Bonchev–Trinajstić information content (AvgIpc) is 2.86. The Balaban J connectivity index is 2.42. The summed E-state index contributed by atoms with van der Waals surface area (Å²) in [6.07, 6.45) is -10.3. The first-order valence-corrected chi connectivity index (χ1v) is 7.12. The van der Waals surface area contributed by atoms with Crippen LogP contribution in [0.5, 0.6) is 0 Å². The van der Waals surface area contributed by atoms with Crippen LogP contribution >= 0.6 is 0 Å². The number of carboxylic acid groups (broad SMARTS) is 1. The van der Waals surface area contributed by atoms with Crippen molar-refractivity contribution in [1.82, 2.24) is 4.90 Å². The number of likely N-dealkylation sites (tertiary alicyclic amines) is 1. The molecule has 0 aromatic heterocycles. The zero-order valence-electron chi connectivity index (χ0n) is 12.8. The molecule has 1 saturated heterocycles. The van der Waals surface area contributed by atoms with Gasteiger partial charge < -0.3 is 10.0 Å². The van der Waals surface area contributed by atoms with E-state index >= 15 is 0 Å². The molecule has 1 fully saturated rings. The lowest BCUT2D eigenvalue weighted by Crippen LogP contribution is -2.39. The predicted octanol–water partition coefficient (Wildman–Crippen LogP) is 3.51. The number of carboxylic acids is 1. The number of rotatable bonds is 3. The molecule has 1 heterocycles. The third-order valence-electron chi connectivity index (χ3n) is 4.06. The van der Waals surface area contributed by atoms with E-state index in [9.17, 15) is 35.9 Å². The third kappa shape index (κ3) is 4.05. The standard InChI is InChI=1S/C15H13F6NO3/c1-7(13(24)25)22-6-9(4-12(22)23)8-2-10(14(16,17)18)5-11(3-8)15(19,20)21/h2-3,5,7,9H,4,6H2,1H3,(H,24,25). The maximum atomic E-state index is 12.9. The maximum absolute atomic E-state index is 12.9. The number of benzene rings is 1. The van der Waals surface area contributed by atoms with Gasteiger partial charge in [-0.1, -0.05) is 0 Å². The lowest BCUT2D eigenvalue weighted by Gasteiger charge is -2.21. The minimum atomic E-state index is -4.98. The van der Waals surface area contributed by atoms with Crippen molar-refractivity contribution in [3.8, 4) is 0 Å². The van der Waals surface area contributed by atoms with Crippen LogP contribution in [0.3, 0.4) is 0 Å². The van der Waals surface area contributed by atoms with Gasteiger partial charge in [-0.25, -0.2) is 4.79 Å². The molecule has 4 nitrogen and oxygen atoms in total. The van der Waals surface area contributed by atoms with Gasteiger partial charge in [0.1, 0.15) is 6.04 Å². The second-order valence-corrected chi connectivity index (χ2v) is 5.80. The Morgan fingerprint density at radius 1 is 1.12 bits per heavy atom. The van der Waals surface area contributed by atoms with Crippen molar-refractivity contribution in [3.63, 3.8) is 0 Å². The largest absolute Gasteiger partial charge is 0.480 e. The van der Waals surface area contributed by atoms with Crippen LogP contribution in [-0.4, -0.2) is 34.5 Å². The van der Waals surface area contributed by atoms with Crippen molar-refractivity contribution in [3.05, 3.63) is 34.9 Å². The van der Waals surface area contributed by atoms with Crippen LogP contribution in [0.4, 0.5) is 26.3 Å². The van der Waals surface area contributed by atoms with Gasteiger partial charge in [-0.05, 0) is 30.7 Å². The van der Waals surface area contributed by atoms with E-state index in [2.05, 4.69) is 0 Å². The number of carbonyl (C=O) groups is 2. The molecule has 25 heavy (non-hydrogen) atoms. The second-order valence-electron chi connectivity index (χ2n) is 5.80. The first kappa shape index (κ1) is 19.1. The highest BCUT2D eigenvalue weighted by Crippen LogP contribution is 2.39. The van der Waals surface area contributed by atoms with E-state index in [0.29, 0.717) is 12.1 Å². The van der Waals surface area contributed by atoms with E-state index < -0.39 is 47.3 Å². The van der Waals surface area contributed by atoms with E-state index in [0.717, 1.165) is 4.90 Å². The molecule has 1 aliphatic heterocycles. The van der Waals surface area contributed by atoms with Crippen LogP contribution in [0.2, 0.25) is 0 Å². The SMILES string of the molecule is CC(C(=O)O)N1CC(c2cc(C(F)(F)F)cc(C(F)(F)F)c2)CC1=O. The van der Waals surface area contributed by atoms with Crippen molar-refractivity contribution in [2.45, 2.75) is 37.7 Å². The first-order valence-electron chi connectivity index (χ1n) is 7.12. The summed E-state index contributed by atoms with van der Waals surface area (Å²) in [6, 6.07) is -0.0623. The van der Waals surface area contributed by atoms with Gasteiger partial charge in [0.25, 0.3) is 0 Å². The van der Waals surface area contributed by atoms with Gasteiger partial charge in [-0.15, -0.1) is 0 Å². The number of hydrogen-bond acceptors (Lipinski definition) is 2. The highest BCUT2D eigenvalue weighted by atomic mass is 19.4. The van der Waals surface area contributed by atoms with Crippen molar-refractivity contribution >= 4 is 11.9 Å². The molecule has 2 unspecified atom stereocenters. The van der Waals surface area contributed by atoms with Gasteiger partial charge in [-0.3, -0.25) is 4.79 Å². The predicted molar refractivity (Wildman–Crippen MR) is 72.6 cm³/mol. The molecular formula is C15H13F6NO3. The van der Waals surface area contributed by atoms with Crippen LogP contribution in [0.15, 0.2) is 18.2 Å². The Morgan fingerprint density at radius 3 is 2.00 bits per heavy atom. The quantitative estimate of drug-likeness (QED) is 0.830. The molecule has 0 bridgehead atoms. The summed E-state index contributed by atoms with van der Waals surface area (Å²) in [7, 11) is 0. The highest BCUT2D eigenvalue weighted by Gasteiger charge is 2.40. The summed E-state index contributed by atoms with van der Waals surface area (Å²) in [5.74, 6) is -2.89. The summed E-state index contributed by atoms with van der Waals surface area (Å²) < 4.78 is 77.3. The average molecular weight is 369 g/mol. The molecular weight excluding hydrogens is 356 g/mol. The third-order valence-corrected chi connectivity index (χ3v) is 4.06. The van der Waals surface area contributed by atoms with E-state index in [-0.39, 0.29) is 24.6 Å². The van der Waals surface area contributed by atoms with Gasteiger partial charge in [0, 0.05) is 18.9 Å². The summed E-state index contributed by atoms with van der Waals surface area (Å²) in [6.45, 7) is 0.959. The number of amides is 1. The molecule has 1 N–H and O–H groups in total. The zero-order valence-corrected chi connectivity index (χ0v) is 12.8. The summed E-state index contributed by atoms with van der Waals surface area (Å²) in [5.41, 5.74) is -3.22. The lowest BCUT2D eigenvalue weighted by atomic mass is 9.94. The Bertz CT molecular complexity index is 665. The van der Waals surface area contributed by atoms with Crippen molar-refractivity contribution in [2.75, 3.05) is 6.54 Å². The molecule has 1 aliphatic rings. The fourth-order valence-electron chi connectivity index (χ4n) is 2.68. The second kappa shape index (κ2) is 6.23. The molecule has 0 saturated carbocycles. The number of nitrogens with zero attached hydrogens (tertiary/aromatic N) is 1. The molecule has 2 atom stereocenters. The van der Waals surface area contributed by atoms with E-state index in [4.69, 9.17) is 5.11 Å². The van der Waals surface area contributed by atoms with Crippen LogP contribution in [0.1, 0.15) is 36.0 Å². The summed E-state index contributed by atoms with van der Waals surface area (Å²) in [5, 5.41) is 8.93. The van der Waals surface area contributed by atoms with E-state index in [1.807, 2.05) is 0 Å². The normalized spacial score (nSPS) is 20.0. The number of aliphatic carboxylic acids is 1. The molecule has 10 heteroatoms. The monoisotopic (exact) mass is 369 g/mol. The molecule has 2 rings (SSSR count). The zero-order chi connectivity index (χ0) is 19.2. The Labute approximate surface area is 138 Å². The summed E-state index contributed by atoms with van der Waals surface area (Å²) in [4.78, 5) is 23.8. The number of hydrogen-bond donors (Lipinski definition) is 1. The fraction of sp³-hybridized carbons (Fsp3) is 0.467. The van der Waals surface area contributed by atoms with Crippen LogP contribution in [0, 0.1) is 0 Å². The first-order chi connectivity index (χ1) is 11.3. The van der Waals surface area contributed by atoms with Gasteiger partial charge in [0.15, 0.2) is 0 Å². The van der Waals surface area contributed by atoms with Gasteiger partial charge in [0.05, 0.1) is 11.1 Å². The minimum absolute atomic E-state index is 0.0118. The van der Waals surface area contributed by atoms with Gasteiger partial charge in [-0.2, -0.15) is 26.3 Å². The Kier molecular flexibility index (Phi) is 4.75. The summed E-state index contributed by atoms with van der Waals surface area (Å²) >= 11 is 0. The van der Waals surface area contributed by atoms with E-state index in [1.54, 1.807) is 0 Å². The van der Waals surface area contributed by atoms with Gasteiger partial charge >= 0.3 is 18.3 Å². The lowest BCUT2D eigenvalue weighted by molar-refractivity contribution is -0.147.